The van der Waals surface area contributed by atoms with Gasteiger partial charge < -0.3 is 23.8 Å². The van der Waals surface area contributed by atoms with Crippen LogP contribution in [0.1, 0.15) is 106 Å². The zero-order valence-corrected chi connectivity index (χ0v) is 29.1. The molecule has 0 bridgehead atoms. The molecule has 1 aliphatic rings. The van der Waals surface area contributed by atoms with Gasteiger partial charge in [0, 0.05) is 5.56 Å². The highest BCUT2D eigenvalue weighted by Crippen LogP contribution is 2.53. The summed E-state index contributed by atoms with van der Waals surface area (Å²) in [6.45, 7) is 27.1. The molecule has 2 aromatic rings. The van der Waals surface area contributed by atoms with E-state index in [9.17, 15) is 15.0 Å². The zero-order valence-electron chi connectivity index (χ0n) is 27.1. The average Bonchev–Trinajstić information content (AvgIpc) is 3.26. The van der Waals surface area contributed by atoms with Crippen molar-refractivity contribution in [3.05, 3.63) is 47.5 Å². The SMILES string of the molecule is CC(C)[Si](Oc1ccc([C@H]2Oc3c(O)cccc3[C@H]2C(=O)O)cc1O[Si](C(C)C)(C(C)C)C(C)C)(C(C)C)C(C)C. The van der Waals surface area contributed by atoms with Crippen LogP contribution in [0.2, 0.25) is 33.2 Å². The van der Waals surface area contributed by atoms with Crippen LogP contribution in [0.4, 0.5) is 0 Å². The van der Waals surface area contributed by atoms with E-state index >= 15 is 0 Å². The first kappa shape index (κ1) is 33.1. The molecule has 0 saturated carbocycles. The van der Waals surface area contributed by atoms with Crippen molar-refractivity contribution in [2.24, 2.45) is 0 Å². The summed E-state index contributed by atoms with van der Waals surface area (Å²) in [5, 5.41) is 20.7. The number of para-hydroxylation sites is 1. The van der Waals surface area contributed by atoms with Crippen molar-refractivity contribution in [2.45, 2.75) is 128 Å². The lowest BCUT2D eigenvalue weighted by Crippen LogP contribution is -2.52. The van der Waals surface area contributed by atoms with Crippen molar-refractivity contribution in [3.63, 3.8) is 0 Å². The number of carboxylic acid groups (broad SMARTS) is 1. The number of phenolic OH excluding ortho intramolecular Hbond substituents is 1. The fourth-order valence-corrected chi connectivity index (χ4v) is 18.3. The third-order valence-corrected chi connectivity index (χ3v) is 21.4. The van der Waals surface area contributed by atoms with Gasteiger partial charge in [-0.3, -0.25) is 4.79 Å². The Labute approximate surface area is 249 Å². The monoisotopic (exact) mass is 600 g/mol. The molecule has 0 fully saturated rings. The number of aromatic hydroxyl groups is 1. The van der Waals surface area contributed by atoms with Crippen molar-refractivity contribution in [2.75, 3.05) is 0 Å². The van der Waals surface area contributed by atoms with Gasteiger partial charge in [0.15, 0.2) is 11.5 Å². The Morgan fingerprint density at radius 1 is 0.732 bits per heavy atom. The number of aliphatic carboxylic acids is 1. The molecule has 0 amide bonds. The molecule has 0 aromatic heterocycles. The lowest BCUT2D eigenvalue weighted by atomic mass is 9.91. The first-order valence-corrected chi connectivity index (χ1v) is 19.5. The maximum atomic E-state index is 12.5. The molecule has 0 saturated heterocycles. The van der Waals surface area contributed by atoms with Gasteiger partial charge in [0.05, 0.1) is 0 Å². The minimum Gasteiger partial charge on any atom is -0.540 e. The fourth-order valence-electron chi connectivity index (χ4n) is 7.75. The summed E-state index contributed by atoms with van der Waals surface area (Å²) >= 11 is 0. The lowest BCUT2D eigenvalue weighted by molar-refractivity contribution is -0.140. The van der Waals surface area contributed by atoms with E-state index in [-0.39, 0.29) is 11.5 Å². The van der Waals surface area contributed by atoms with Crippen molar-refractivity contribution in [3.8, 4) is 23.0 Å². The zero-order chi connectivity index (χ0) is 31.0. The second kappa shape index (κ2) is 12.4. The van der Waals surface area contributed by atoms with E-state index in [1.165, 1.54) is 6.07 Å². The maximum Gasteiger partial charge on any atom is 0.315 e. The average molecular weight is 601 g/mol. The molecule has 1 aliphatic heterocycles. The maximum absolute atomic E-state index is 12.5. The first-order valence-electron chi connectivity index (χ1n) is 15.2. The van der Waals surface area contributed by atoms with Gasteiger partial charge in [-0.1, -0.05) is 101 Å². The molecule has 8 heteroatoms. The topological polar surface area (TPSA) is 85.2 Å². The highest BCUT2D eigenvalue weighted by Gasteiger charge is 2.50. The van der Waals surface area contributed by atoms with Gasteiger partial charge >= 0.3 is 5.97 Å². The van der Waals surface area contributed by atoms with Crippen LogP contribution in [0.3, 0.4) is 0 Å². The normalized spacial score (nSPS) is 17.6. The summed E-state index contributed by atoms with van der Waals surface area (Å²) in [4.78, 5) is 12.5. The fraction of sp³-hybridized carbons (Fsp3) is 0.606. The van der Waals surface area contributed by atoms with Crippen molar-refractivity contribution in [1.82, 2.24) is 0 Å². The first-order chi connectivity index (χ1) is 19.0. The molecule has 0 spiro atoms. The van der Waals surface area contributed by atoms with Gasteiger partial charge in [-0.2, -0.15) is 0 Å². The van der Waals surface area contributed by atoms with Crippen molar-refractivity contribution in [1.29, 1.82) is 0 Å². The molecule has 2 aromatic carbocycles. The highest BCUT2D eigenvalue weighted by atomic mass is 28.4. The second-order valence-corrected chi connectivity index (χ2v) is 24.3. The third-order valence-electron chi connectivity index (χ3n) is 9.46. The van der Waals surface area contributed by atoms with E-state index in [0.717, 1.165) is 5.75 Å². The predicted molar refractivity (Wildman–Crippen MR) is 172 cm³/mol. The molecule has 2 atom stereocenters. The van der Waals surface area contributed by atoms with E-state index in [2.05, 4.69) is 83.1 Å². The van der Waals surface area contributed by atoms with Gasteiger partial charge in [-0.15, -0.1) is 0 Å². The van der Waals surface area contributed by atoms with Crippen LogP contribution in [-0.2, 0) is 4.79 Å². The molecule has 228 valence electrons. The lowest BCUT2D eigenvalue weighted by Gasteiger charge is -2.45. The van der Waals surface area contributed by atoms with Crippen LogP contribution in [0, 0.1) is 0 Å². The van der Waals surface area contributed by atoms with Crippen molar-refractivity contribution < 1.29 is 28.6 Å². The quantitative estimate of drug-likeness (QED) is 0.236. The van der Waals surface area contributed by atoms with Crippen LogP contribution in [0.25, 0.3) is 0 Å². The standard InChI is InChI=1S/C33H52O6Si2/c1-19(2)40(20(3)4,21(5)6)38-28-17-16-25(18-29(28)39-41(22(7)8,23(9)10)24(11)12)31-30(33(35)36)26-14-13-15-27(34)32(26)37-31/h13-24,30-31,34H,1-12H3,(H,35,36)/t30-,31-/m1/s1. The van der Waals surface area contributed by atoms with Gasteiger partial charge in [0.25, 0.3) is 16.6 Å². The Morgan fingerprint density at radius 2 is 1.20 bits per heavy atom. The molecule has 0 aliphatic carbocycles. The number of ether oxygens (including phenoxy) is 1. The number of carboxylic acids is 1. The number of rotatable bonds is 12. The number of benzene rings is 2. The summed E-state index contributed by atoms with van der Waals surface area (Å²) in [5.41, 5.74) is 3.34. The molecular formula is C33H52O6Si2. The number of phenols is 1. The summed E-state index contributed by atoms with van der Waals surface area (Å²) in [7, 11) is -4.71. The van der Waals surface area contributed by atoms with Gasteiger partial charge in [0.1, 0.15) is 23.5 Å². The summed E-state index contributed by atoms with van der Waals surface area (Å²) in [6, 6.07) is 10.7. The predicted octanol–water partition coefficient (Wildman–Crippen LogP) is 9.80. The largest absolute Gasteiger partial charge is 0.540 e. The molecule has 1 heterocycles. The molecule has 0 unspecified atom stereocenters. The molecule has 6 nitrogen and oxygen atoms in total. The summed E-state index contributed by atoms with van der Waals surface area (Å²) in [6.07, 6.45) is -0.803. The van der Waals surface area contributed by atoms with Crippen LogP contribution < -0.4 is 13.6 Å². The van der Waals surface area contributed by atoms with Gasteiger partial charge in [0.2, 0.25) is 0 Å². The Balaban J connectivity index is 2.25. The number of carbonyl (C=O) groups is 1. The van der Waals surface area contributed by atoms with Crippen LogP contribution in [0.15, 0.2) is 36.4 Å². The number of hydrogen-bond donors (Lipinski definition) is 2. The molecular weight excluding hydrogens is 549 g/mol. The number of hydrogen-bond acceptors (Lipinski definition) is 5. The van der Waals surface area contributed by atoms with Crippen molar-refractivity contribution >= 4 is 22.6 Å². The second-order valence-electron chi connectivity index (χ2n) is 13.6. The Hall–Kier alpha value is -2.46. The van der Waals surface area contributed by atoms with E-state index in [1.54, 1.807) is 12.1 Å². The van der Waals surface area contributed by atoms with E-state index in [1.807, 2.05) is 18.2 Å². The Kier molecular flexibility index (Phi) is 10.0. The summed E-state index contributed by atoms with van der Waals surface area (Å²) < 4.78 is 20.7. The molecule has 3 rings (SSSR count). The minimum atomic E-state index is -2.39. The molecule has 2 N–H and O–H groups in total. The Bertz CT molecular complexity index is 1180. The van der Waals surface area contributed by atoms with E-state index in [4.69, 9.17) is 13.6 Å². The van der Waals surface area contributed by atoms with E-state index in [0.29, 0.717) is 50.1 Å². The smallest absolute Gasteiger partial charge is 0.315 e. The third kappa shape index (κ3) is 5.79. The van der Waals surface area contributed by atoms with Gasteiger partial charge in [-0.05, 0) is 57.0 Å². The number of fused-ring (bicyclic) bond motifs is 1. The Morgan fingerprint density at radius 3 is 1.63 bits per heavy atom. The minimum absolute atomic E-state index is 0.0555. The van der Waals surface area contributed by atoms with Crippen LogP contribution in [-0.4, -0.2) is 32.8 Å². The summed E-state index contributed by atoms with van der Waals surface area (Å²) in [5.74, 6) is -0.357. The highest BCUT2D eigenvalue weighted by molar-refractivity contribution is 6.79. The van der Waals surface area contributed by atoms with E-state index < -0.39 is 34.6 Å². The van der Waals surface area contributed by atoms with Gasteiger partial charge in [-0.25, -0.2) is 0 Å². The van der Waals surface area contributed by atoms with Crippen LogP contribution in [0.5, 0.6) is 23.0 Å². The van der Waals surface area contributed by atoms with Crippen LogP contribution >= 0.6 is 0 Å². The molecule has 0 radical (unpaired) electrons. The molecule has 41 heavy (non-hydrogen) atoms.